The van der Waals surface area contributed by atoms with E-state index in [4.69, 9.17) is 14.0 Å². The van der Waals surface area contributed by atoms with Crippen molar-refractivity contribution in [2.75, 3.05) is 19.5 Å². The molecule has 1 N–H and O–H groups in total. The molecule has 2 aromatic carbocycles. The number of rotatable bonds is 5. The third kappa shape index (κ3) is 3.83. The number of halogens is 1. The Kier molecular flexibility index (Phi) is 5.04. The molecule has 6 nitrogen and oxygen atoms in total. The normalized spacial score (nSPS) is 10.4. The Morgan fingerprint density at radius 2 is 1.76 bits per heavy atom. The van der Waals surface area contributed by atoms with Crippen LogP contribution in [0.3, 0.4) is 0 Å². The van der Waals surface area contributed by atoms with Crippen molar-refractivity contribution in [3.63, 3.8) is 0 Å². The second-order valence-corrected chi connectivity index (χ2v) is 6.02. The van der Waals surface area contributed by atoms with Crippen LogP contribution in [0.1, 0.15) is 10.5 Å². The number of benzene rings is 2. The molecule has 0 unspecified atom stereocenters. The van der Waals surface area contributed by atoms with Gasteiger partial charge in [-0.05, 0) is 42.5 Å². The van der Waals surface area contributed by atoms with Crippen LogP contribution < -0.4 is 14.8 Å². The molecule has 0 radical (unpaired) electrons. The Morgan fingerprint density at radius 3 is 2.44 bits per heavy atom. The molecule has 0 fully saturated rings. The summed E-state index contributed by atoms with van der Waals surface area (Å²) in [4.78, 5) is 12.3. The lowest BCUT2D eigenvalue weighted by molar-refractivity contribution is 0.101. The summed E-state index contributed by atoms with van der Waals surface area (Å²) in [7, 11) is 3.12. The van der Waals surface area contributed by atoms with Crippen molar-refractivity contribution in [2.24, 2.45) is 0 Å². The van der Waals surface area contributed by atoms with Crippen molar-refractivity contribution in [3.8, 4) is 22.8 Å². The first-order chi connectivity index (χ1) is 12.1. The zero-order chi connectivity index (χ0) is 17.8. The van der Waals surface area contributed by atoms with Crippen molar-refractivity contribution in [1.29, 1.82) is 0 Å². The molecule has 0 saturated carbocycles. The first kappa shape index (κ1) is 17.0. The Hall–Kier alpha value is -2.80. The van der Waals surface area contributed by atoms with Gasteiger partial charge in [-0.15, -0.1) is 0 Å². The van der Waals surface area contributed by atoms with Gasteiger partial charge in [0, 0.05) is 21.8 Å². The minimum absolute atomic E-state index is 0.188. The molecule has 1 heterocycles. The van der Waals surface area contributed by atoms with E-state index in [0.29, 0.717) is 22.9 Å². The summed E-state index contributed by atoms with van der Waals surface area (Å²) < 4.78 is 16.7. The molecule has 3 aromatic rings. The summed E-state index contributed by atoms with van der Waals surface area (Å²) in [5.74, 6) is 1.29. The number of carbonyl (C=O) groups excluding carboxylic acids is 1. The van der Waals surface area contributed by atoms with E-state index in [1.165, 1.54) is 0 Å². The molecule has 0 saturated heterocycles. The highest BCUT2D eigenvalue weighted by molar-refractivity contribution is 9.10. The van der Waals surface area contributed by atoms with E-state index < -0.39 is 0 Å². The quantitative estimate of drug-likeness (QED) is 0.685. The lowest BCUT2D eigenvalue weighted by Crippen LogP contribution is -2.11. The smallest absolute Gasteiger partial charge is 0.277 e. The molecular weight excluding hydrogens is 388 g/mol. The fourth-order valence-electron chi connectivity index (χ4n) is 2.24. The molecule has 1 amide bonds. The molecule has 0 aliphatic rings. The number of aromatic nitrogens is 1. The number of methoxy groups -OCH3 is 2. The van der Waals surface area contributed by atoms with E-state index >= 15 is 0 Å². The predicted octanol–water partition coefficient (Wildman–Crippen LogP) is 4.37. The van der Waals surface area contributed by atoms with Crippen molar-refractivity contribution < 1.29 is 18.8 Å². The van der Waals surface area contributed by atoms with Crippen LogP contribution >= 0.6 is 15.9 Å². The summed E-state index contributed by atoms with van der Waals surface area (Å²) in [6.45, 7) is 0. The Bertz CT molecular complexity index is 890. The van der Waals surface area contributed by atoms with Gasteiger partial charge >= 0.3 is 0 Å². The van der Waals surface area contributed by atoms with Crippen molar-refractivity contribution in [1.82, 2.24) is 5.16 Å². The zero-order valence-electron chi connectivity index (χ0n) is 13.6. The number of anilines is 1. The molecule has 0 atom stereocenters. The second kappa shape index (κ2) is 7.40. The topological polar surface area (TPSA) is 73.6 Å². The molecule has 0 spiro atoms. The van der Waals surface area contributed by atoms with Crippen LogP contribution in [-0.4, -0.2) is 25.3 Å². The van der Waals surface area contributed by atoms with Gasteiger partial charge in [-0.2, -0.15) is 0 Å². The molecule has 25 heavy (non-hydrogen) atoms. The zero-order valence-corrected chi connectivity index (χ0v) is 15.2. The van der Waals surface area contributed by atoms with Crippen LogP contribution in [0.15, 0.2) is 57.5 Å². The summed E-state index contributed by atoms with van der Waals surface area (Å²) in [6.07, 6.45) is 0. The van der Waals surface area contributed by atoms with Crippen molar-refractivity contribution in [3.05, 3.63) is 58.7 Å². The fraction of sp³-hybridized carbons (Fsp3) is 0.111. The summed E-state index contributed by atoms with van der Waals surface area (Å²) >= 11 is 3.35. The van der Waals surface area contributed by atoms with E-state index in [1.54, 1.807) is 50.6 Å². The maximum atomic E-state index is 12.3. The number of ether oxygens (including phenoxy) is 2. The van der Waals surface area contributed by atoms with E-state index in [1.807, 2.05) is 12.1 Å². The Labute approximate surface area is 152 Å². The van der Waals surface area contributed by atoms with Gasteiger partial charge < -0.3 is 19.3 Å². The van der Waals surface area contributed by atoms with Gasteiger partial charge in [0.05, 0.1) is 14.2 Å². The maximum Gasteiger partial charge on any atom is 0.277 e. The van der Waals surface area contributed by atoms with Crippen molar-refractivity contribution in [2.45, 2.75) is 0 Å². The van der Waals surface area contributed by atoms with Gasteiger partial charge in [0.2, 0.25) is 0 Å². The summed E-state index contributed by atoms with van der Waals surface area (Å²) in [5.41, 5.74) is 1.59. The first-order valence-corrected chi connectivity index (χ1v) is 8.16. The van der Waals surface area contributed by atoms with Crippen LogP contribution in [0, 0.1) is 0 Å². The van der Waals surface area contributed by atoms with Crippen LogP contribution in [0.2, 0.25) is 0 Å². The van der Waals surface area contributed by atoms with E-state index in [9.17, 15) is 4.79 Å². The van der Waals surface area contributed by atoms with Crippen molar-refractivity contribution >= 4 is 27.5 Å². The number of hydrogen-bond acceptors (Lipinski definition) is 5. The van der Waals surface area contributed by atoms with Gasteiger partial charge in [-0.3, -0.25) is 4.79 Å². The minimum atomic E-state index is -0.349. The highest BCUT2D eigenvalue weighted by atomic mass is 79.9. The van der Waals surface area contributed by atoms with Crippen LogP contribution in [0.5, 0.6) is 11.5 Å². The number of nitrogens with zero attached hydrogens (tertiary/aromatic N) is 1. The van der Waals surface area contributed by atoms with Gasteiger partial charge in [-0.25, -0.2) is 0 Å². The molecule has 0 bridgehead atoms. The molecule has 0 aliphatic heterocycles. The van der Waals surface area contributed by atoms with Crippen LogP contribution in [0.4, 0.5) is 5.69 Å². The van der Waals surface area contributed by atoms with Gasteiger partial charge in [0.15, 0.2) is 23.0 Å². The number of amides is 1. The average Bonchev–Trinajstić information content (AvgIpc) is 3.13. The van der Waals surface area contributed by atoms with Crippen LogP contribution in [0.25, 0.3) is 11.3 Å². The lowest BCUT2D eigenvalue weighted by Gasteiger charge is -2.07. The van der Waals surface area contributed by atoms with E-state index in [2.05, 4.69) is 26.4 Å². The van der Waals surface area contributed by atoms with Gasteiger partial charge in [-0.1, -0.05) is 21.1 Å². The highest BCUT2D eigenvalue weighted by Crippen LogP contribution is 2.32. The Balaban J connectivity index is 1.80. The molecule has 3 rings (SSSR count). The fourth-order valence-corrected chi connectivity index (χ4v) is 2.50. The second-order valence-electron chi connectivity index (χ2n) is 5.11. The standard InChI is InChI=1S/C18H15BrN2O4/c1-23-15-8-3-11(9-17(15)24-2)16-10-14(21-25-16)18(22)20-13-6-4-12(19)5-7-13/h3-10H,1-2H3,(H,20,22). The third-order valence-electron chi connectivity index (χ3n) is 3.51. The SMILES string of the molecule is COc1ccc(-c2cc(C(=O)Nc3ccc(Br)cc3)no2)cc1OC. The first-order valence-electron chi connectivity index (χ1n) is 7.36. The molecule has 7 heteroatoms. The van der Waals surface area contributed by atoms with Crippen LogP contribution in [-0.2, 0) is 0 Å². The Morgan fingerprint density at radius 1 is 1.04 bits per heavy atom. The monoisotopic (exact) mass is 402 g/mol. The largest absolute Gasteiger partial charge is 0.493 e. The predicted molar refractivity (Wildman–Crippen MR) is 97.1 cm³/mol. The van der Waals surface area contributed by atoms with Gasteiger partial charge in [0.25, 0.3) is 5.91 Å². The number of nitrogens with one attached hydrogen (secondary N) is 1. The molecule has 0 aliphatic carbocycles. The average molecular weight is 403 g/mol. The molecule has 128 valence electrons. The van der Waals surface area contributed by atoms with E-state index in [0.717, 1.165) is 10.0 Å². The molecule has 1 aromatic heterocycles. The third-order valence-corrected chi connectivity index (χ3v) is 4.04. The maximum absolute atomic E-state index is 12.3. The number of hydrogen-bond donors (Lipinski definition) is 1. The minimum Gasteiger partial charge on any atom is -0.493 e. The van der Waals surface area contributed by atoms with Gasteiger partial charge in [0.1, 0.15) is 0 Å². The summed E-state index contributed by atoms with van der Waals surface area (Å²) in [5, 5.41) is 6.60. The van der Waals surface area contributed by atoms with E-state index in [-0.39, 0.29) is 11.6 Å². The summed E-state index contributed by atoms with van der Waals surface area (Å²) in [6, 6.07) is 14.2. The molecular formula is C18H15BrN2O4. The highest BCUT2D eigenvalue weighted by Gasteiger charge is 2.15. The lowest BCUT2D eigenvalue weighted by atomic mass is 10.1. The number of carbonyl (C=O) groups is 1.